The number of halogens is 1. The second-order valence-corrected chi connectivity index (χ2v) is 10.1. The van der Waals surface area contributed by atoms with E-state index in [1.165, 1.54) is 0 Å². The Morgan fingerprint density at radius 1 is 0.933 bits per heavy atom. The number of anilines is 1. The first-order valence-electron chi connectivity index (χ1n) is 9.89. The molecule has 0 radical (unpaired) electrons. The van der Waals surface area contributed by atoms with Crippen LogP contribution >= 0.6 is 19.2 Å². The summed E-state index contributed by atoms with van der Waals surface area (Å²) in [5.74, 6) is -0.944. The fourth-order valence-electron chi connectivity index (χ4n) is 3.35. The summed E-state index contributed by atoms with van der Waals surface area (Å²) in [5.41, 5.74) is 1.09. The third-order valence-corrected chi connectivity index (χ3v) is 7.07. The zero-order chi connectivity index (χ0) is 21.9. The van der Waals surface area contributed by atoms with E-state index in [9.17, 15) is 9.67 Å². The van der Waals surface area contributed by atoms with Crippen molar-refractivity contribution in [2.24, 2.45) is 0 Å². The van der Waals surface area contributed by atoms with Crippen LogP contribution in [-0.2, 0) is 13.6 Å². The topological polar surface area (TPSA) is 67.8 Å². The SMILES string of the molecule is CC(C)OP(=O)(OC(C)C)C(Nc1cccc(Cl)c1)c1c(O)ccc2ccccc12. The molecule has 0 bridgehead atoms. The lowest BCUT2D eigenvalue weighted by molar-refractivity contribution is 0.138. The Bertz CT molecular complexity index is 1060. The van der Waals surface area contributed by atoms with Gasteiger partial charge in [0.2, 0.25) is 0 Å². The molecule has 2 N–H and O–H groups in total. The maximum atomic E-state index is 14.2. The average Bonchev–Trinajstić information content (AvgIpc) is 2.65. The predicted molar refractivity (Wildman–Crippen MR) is 123 cm³/mol. The van der Waals surface area contributed by atoms with Crippen LogP contribution in [0.15, 0.2) is 60.7 Å². The molecular formula is C23H27ClNO4P. The summed E-state index contributed by atoms with van der Waals surface area (Å²) >= 11 is 6.16. The van der Waals surface area contributed by atoms with E-state index in [2.05, 4.69) is 5.32 Å². The lowest BCUT2D eigenvalue weighted by Gasteiger charge is -2.32. The quantitative estimate of drug-likeness (QED) is 0.353. The third kappa shape index (κ3) is 5.16. The van der Waals surface area contributed by atoms with Crippen molar-refractivity contribution in [3.05, 3.63) is 71.2 Å². The normalized spacial score (nSPS) is 13.2. The maximum absolute atomic E-state index is 14.2. The first-order valence-corrected chi connectivity index (χ1v) is 11.9. The van der Waals surface area contributed by atoms with Crippen molar-refractivity contribution in [3.63, 3.8) is 0 Å². The van der Waals surface area contributed by atoms with E-state index in [0.29, 0.717) is 16.3 Å². The molecule has 0 aromatic heterocycles. The number of rotatable bonds is 8. The van der Waals surface area contributed by atoms with Crippen molar-refractivity contribution in [2.75, 3.05) is 5.32 Å². The highest BCUT2D eigenvalue weighted by Gasteiger charge is 2.41. The Labute approximate surface area is 182 Å². The molecule has 1 unspecified atom stereocenters. The second-order valence-electron chi connectivity index (χ2n) is 7.62. The Balaban J connectivity index is 2.24. The molecule has 3 aromatic carbocycles. The monoisotopic (exact) mass is 447 g/mol. The van der Waals surface area contributed by atoms with Crippen LogP contribution in [0.4, 0.5) is 5.69 Å². The number of aromatic hydroxyl groups is 1. The summed E-state index contributed by atoms with van der Waals surface area (Å²) in [6.07, 6.45) is -0.703. The molecule has 0 spiro atoms. The number of nitrogens with one attached hydrogen (secondary N) is 1. The van der Waals surface area contributed by atoms with Crippen LogP contribution in [0.1, 0.15) is 39.0 Å². The molecule has 0 aliphatic heterocycles. The van der Waals surface area contributed by atoms with Crippen LogP contribution in [0.2, 0.25) is 5.02 Å². The van der Waals surface area contributed by atoms with Gasteiger partial charge in [-0.25, -0.2) is 0 Å². The summed E-state index contributed by atoms with van der Waals surface area (Å²) in [7, 11) is -3.79. The van der Waals surface area contributed by atoms with Crippen LogP contribution in [-0.4, -0.2) is 17.3 Å². The number of phenolic OH excluding ortho intramolecular Hbond substituents is 1. The predicted octanol–water partition coefficient (Wildman–Crippen LogP) is 7.35. The number of hydrogen-bond donors (Lipinski definition) is 2. The zero-order valence-corrected chi connectivity index (χ0v) is 19.2. The number of benzene rings is 3. The minimum Gasteiger partial charge on any atom is -0.508 e. The van der Waals surface area contributed by atoms with Crippen LogP contribution < -0.4 is 5.32 Å². The van der Waals surface area contributed by atoms with Gasteiger partial charge in [0.1, 0.15) is 5.75 Å². The summed E-state index contributed by atoms with van der Waals surface area (Å²) in [5, 5.41) is 16.3. The molecular weight excluding hydrogens is 421 g/mol. The molecule has 0 saturated heterocycles. The largest absolute Gasteiger partial charge is 0.508 e. The Morgan fingerprint density at radius 3 is 2.23 bits per heavy atom. The van der Waals surface area contributed by atoms with E-state index >= 15 is 0 Å². The highest BCUT2D eigenvalue weighted by Crippen LogP contribution is 2.64. The summed E-state index contributed by atoms with van der Waals surface area (Å²) in [4.78, 5) is 0. The summed E-state index contributed by atoms with van der Waals surface area (Å²) in [6, 6.07) is 18.1. The minimum atomic E-state index is -3.79. The van der Waals surface area contributed by atoms with Crippen molar-refractivity contribution < 1.29 is 18.7 Å². The fourth-order valence-corrected chi connectivity index (χ4v) is 5.90. The lowest BCUT2D eigenvalue weighted by Crippen LogP contribution is -2.19. The van der Waals surface area contributed by atoms with E-state index in [0.717, 1.165) is 10.8 Å². The smallest absolute Gasteiger partial charge is 0.357 e. The Hall–Kier alpha value is -2.04. The molecule has 3 aromatic rings. The molecule has 0 saturated carbocycles. The first kappa shape index (κ1) is 22.6. The van der Waals surface area contributed by atoms with E-state index in [4.69, 9.17) is 20.6 Å². The maximum Gasteiger partial charge on any atom is 0.357 e. The van der Waals surface area contributed by atoms with Gasteiger partial charge in [-0.2, -0.15) is 0 Å². The van der Waals surface area contributed by atoms with Gasteiger partial charge in [0, 0.05) is 16.3 Å². The van der Waals surface area contributed by atoms with Gasteiger partial charge in [-0.15, -0.1) is 0 Å². The molecule has 0 amide bonds. The standard InChI is InChI=1S/C23H27ClNO4P/c1-15(2)28-30(27,29-16(3)4)23(25-19-10-7-9-18(24)14-19)22-20-11-6-5-8-17(20)12-13-21(22)26/h5-16,23,25-26H,1-4H3. The van der Waals surface area contributed by atoms with Crippen molar-refractivity contribution in [1.29, 1.82) is 0 Å². The van der Waals surface area contributed by atoms with Gasteiger partial charge in [-0.05, 0) is 62.7 Å². The van der Waals surface area contributed by atoms with Crippen molar-refractivity contribution in [3.8, 4) is 5.75 Å². The molecule has 0 aliphatic carbocycles. The Kier molecular flexibility index (Phi) is 7.10. The van der Waals surface area contributed by atoms with Crippen molar-refractivity contribution in [2.45, 2.75) is 45.7 Å². The molecule has 1 atom stereocenters. The average molecular weight is 448 g/mol. The van der Waals surface area contributed by atoms with Crippen LogP contribution in [0, 0.1) is 0 Å². The zero-order valence-electron chi connectivity index (χ0n) is 17.5. The van der Waals surface area contributed by atoms with Gasteiger partial charge in [0.15, 0.2) is 5.78 Å². The molecule has 0 heterocycles. The molecule has 7 heteroatoms. The number of phenols is 1. The van der Waals surface area contributed by atoms with Crippen molar-refractivity contribution >= 4 is 35.7 Å². The summed E-state index contributed by atoms with van der Waals surface area (Å²) in [6.45, 7) is 7.21. The highest BCUT2D eigenvalue weighted by molar-refractivity contribution is 7.54. The first-order chi connectivity index (χ1) is 14.2. The van der Waals surface area contributed by atoms with Crippen molar-refractivity contribution in [1.82, 2.24) is 0 Å². The molecule has 5 nitrogen and oxygen atoms in total. The van der Waals surface area contributed by atoms with E-state index in [-0.39, 0.29) is 18.0 Å². The van der Waals surface area contributed by atoms with E-state index in [1.54, 1.807) is 52.0 Å². The van der Waals surface area contributed by atoms with E-state index < -0.39 is 13.4 Å². The third-order valence-electron chi connectivity index (χ3n) is 4.38. The summed E-state index contributed by atoms with van der Waals surface area (Å²) < 4.78 is 26.0. The molecule has 0 fully saturated rings. The molecule has 160 valence electrons. The van der Waals surface area contributed by atoms with Gasteiger partial charge in [0.05, 0.1) is 12.2 Å². The van der Waals surface area contributed by atoms with Crippen LogP contribution in [0.3, 0.4) is 0 Å². The van der Waals surface area contributed by atoms with Crippen LogP contribution in [0.25, 0.3) is 10.8 Å². The molecule has 3 rings (SSSR count). The van der Waals surface area contributed by atoms with Gasteiger partial charge in [-0.1, -0.05) is 48.0 Å². The van der Waals surface area contributed by atoms with Gasteiger partial charge >= 0.3 is 7.60 Å². The minimum absolute atomic E-state index is 0.00756. The Morgan fingerprint density at radius 2 is 1.60 bits per heavy atom. The molecule has 0 aliphatic rings. The highest BCUT2D eigenvalue weighted by atomic mass is 35.5. The fraction of sp³-hybridized carbons (Fsp3) is 0.304. The number of fused-ring (bicyclic) bond motifs is 1. The molecule has 30 heavy (non-hydrogen) atoms. The van der Waals surface area contributed by atoms with E-state index in [1.807, 2.05) is 36.4 Å². The van der Waals surface area contributed by atoms with Crippen LogP contribution in [0.5, 0.6) is 5.75 Å². The lowest BCUT2D eigenvalue weighted by atomic mass is 10.0. The van der Waals surface area contributed by atoms with Gasteiger partial charge in [-0.3, -0.25) is 4.57 Å². The second kappa shape index (κ2) is 9.40. The van der Waals surface area contributed by atoms with Gasteiger partial charge < -0.3 is 19.5 Å². The van der Waals surface area contributed by atoms with Gasteiger partial charge in [0.25, 0.3) is 0 Å². The number of hydrogen-bond acceptors (Lipinski definition) is 5.